The largest absolute Gasteiger partial charge is 0.357 e. The van der Waals surface area contributed by atoms with Crippen LogP contribution in [0.3, 0.4) is 0 Å². The summed E-state index contributed by atoms with van der Waals surface area (Å²) in [6.07, 6.45) is 8.18. The third kappa shape index (κ3) is 3.86. The molecule has 0 bridgehead atoms. The summed E-state index contributed by atoms with van der Waals surface area (Å²) in [5, 5.41) is 3.67. The molecular formula is C14H25N3. The molecule has 1 N–H and O–H groups in total. The lowest BCUT2D eigenvalue weighted by Crippen LogP contribution is -2.42. The van der Waals surface area contributed by atoms with E-state index in [1.165, 1.54) is 44.5 Å². The first-order chi connectivity index (χ1) is 8.28. The third-order valence-electron chi connectivity index (χ3n) is 3.62. The van der Waals surface area contributed by atoms with Crippen molar-refractivity contribution in [2.24, 2.45) is 7.05 Å². The van der Waals surface area contributed by atoms with Gasteiger partial charge in [-0.1, -0.05) is 6.92 Å². The molecule has 1 aliphatic heterocycles. The molecule has 0 spiro atoms. The number of nitrogens with zero attached hydrogens (tertiary/aromatic N) is 2. The molecule has 0 unspecified atom stereocenters. The zero-order chi connectivity index (χ0) is 12.1. The first-order valence-corrected chi connectivity index (χ1v) is 6.84. The molecule has 0 aliphatic carbocycles. The minimum Gasteiger partial charge on any atom is -0.357 e. The quantitative estimate of drug-likeness (QED) is 0.842. The maximum Gasteiger partial charge on any atom is 0.0223 e. The molecule has 2 rings (SSSR count). The van der Waals surface area contributed by atoms with Gasteiger partial charge in [0, 0.05) is 32.0 Å². The van der Waals surface area contributed by atoms with Crippen LogP contribution in [-0.2, 0) is 13.6 Å². The molecule has 1 fully saturated rings. The highest BCUT2D eigenvalue weighted by molar-refractivity contribution is 5.09. The summed E-state index contributed by atoms with van der Waals surface area (Å²) >= 11 is 0. The van der Waals surface area contributed by atoms with Gasteiger partial charge < -0.3 is 14.8 Å². The number of aromatic nitrogens is 1. The Labute approximate surface area is 105 Å². The van der Waals surface area contributed by atoms with Gasteiger partial charge in [0.15, 0.2) is 0 Å². The van der Waals surface area contributed by atoms with Gasteiger partial charge >= 0.3 is 0 Å². The Morgan fingerprint density at radius 1 is 1.35 bits per heavy atom. The van der Waals surface area contributed by atoms with E-state index in [1.807, 2.05) is 0 Å². The number of piperidine rings is 1. The van der Waals surface area contributed by atoms with Crippen molar-refractivity contribution >= 4 is 0 Å². The van der Waals surface area contributed by atoms with Gasteiger partial charge in [0.1, 0.15) is 0 Å². The van der Waals surface area contributed by atoms with Gasteiger partial charge in [0.05, 0.1) is 0 Å². The van der Waals surface area contributed by atoms with Crippen LogP contribution >= 0.6 is 0 Å². The Balaban J connectivity index is 1.68. The minimum absolute atomic E-state index is 0.711. The normalized spacial score (nSPS) is 18.7. The third-order valence-corrected chi connectivity index (χ3v) is 3.62. The average molecular weight is 235 g/mol. The molecule has 0 saturated carbocycles. The van der Waals surface area contributed by atoms with Gasteiger partial charge in [-0.25, -0.2) is 0 Å². The highest BCUT2D eigenvalue weighted by Crippen LogP contribution is 2.11. The smallest absolute Gasteiger partial charge is 0.0223 e. The number of nitrogens with one attached hydrogen (secondary N) is 1. The van der Waals surface area contributed by atoms with Crippen molar-refractivity contribution < 1.29 is 0 Å². The lowest BCUT2D eigenvalue weighted by atomic mass is 10.0. The van der Waals surface area contributed by atoms with E-state index < -0.39 is 0 Å². The Bertz CT molecular complexity index is 324. The van der Waals surface area contributed by atoms with E-state index in [1.54, 1.807) is 0 Å². The van der Waals surface area contributed by atoms with Crippen molar-refractivity contribution in [2.45, 2.75) is 38.8 Å². The lowest BCUT2D eigenvalue weighted by Gasteiger charge is -2.32. The fourth-order valence-electron chi connectivity index (χ4n) is 2.60. The van der Waals surface area contributed by atoms with E-state index in [4.69, 9.17) is 0 Å². The minimum atomic E-state index is 0.711. The molecule has 3 heteroatoms. The maximum atomic E-state index is 3.67. The van der Waals surface area contributed by atoms with E-state index in [0.717, 1.165) is 6.54 Å². The predicted octanol–water partition coefficient (Wildman–Crippen LogP) is 1.99. The van der Waals surface area contributed by atoms with E-state index in [2.05, 4.69) is 47.2 Å². The second-order valence-corrected chi connectivity index (χ2v) is 5.18. The van der Waals surface area contributed by atoms with Gasteiger partial charge in [0.25, 0.3) is 0 Å². The molecule has 0 atom stereocenters. The zero-order valence-electron chi connectivity index (χ0n) is 11.2. The van der Waals surface area contributed by atoms with Gasteiger partial charge in [-0.15, -0.1) is 0 Å². The summed E-state index contributed by atoms with van der Waals surface area (Å²) in [7, 11) is 2.08. The van der Waals surface area contributed by atoms with Crippen molar-refractivity contribution in [3.8, 4) is 0 Å². The highest BCUT2D eigenvalue weighted by Gasteiger charge is 2.17. The van der Waals surface area contributed by atoms with E-state index in [-0.39, 0.29) is 0 Å². The Morgan fingerprint density at radius 2 is 2.12 bits per heavy atom. The number of aryl methyl sites for hydroxylation is 1. The maximum absolute atomic E-state index is 3.67. The molecular weight excluding hydrogens is 210 g/mol. The molecule has 1 aromatic heterocycles. The summed E-state index contributed by atoms with van der Waals surface area (Å²) in [6, 6.07) is 2.91. The van der Waals surface area contributed by atoms with Crippen LogP contribution in [0, 0.1) is 0 Å². The van der Waals surface area contributed by atoms with Gasteiger partial charge in [-0.05, 0) is 50.5 Å². The van der Waals surface area contributed by atoms with Gasteiger partial charge in [-0.2, -0.15) is 0 Å². The predicted molar refractivity (Wildman–Crippen MR) is 72.0 cm³/mol. The van der Waals surface area contributed by atoms with Crippen LogP contribution in [-0.4, -0.2) is 35.1 Å². The fourth-order valence-corrected chi connectivity index (χ4v) is 2.60. The number of hydrogen-bond donors (Lipinski definition) is 1. The van der Waals surface area contributed by atoms with Crippen LogP contribution < -0.4 is 5.32 Å². The van der Waals surface area contributed by atoms with E-state index in [9.17, 15) is 0 Å². The second kappa shape index (κ2) is 6.22. The van der Waals surface area contributed by atoms with Crippen LogP contribution in [0.25, 0.3) is 0 Å². The van der Waals surface area contributed by atoms with E-state index in [0.29, 0.717) is 6.04 Å². The molecule has 17 heavy (non-hydrogen) atoms. The molecule has 3 nitrogen and oxygen atoms in total. The number of rotatable bonds is 5. The summed E-state index contributed by atoms with van der Waals surface area (Å²) in [6.45, 7) is 7.07. The SMILES string of the molecule is CCCN1CCC(NCc2ccn(C)c2)CC1. The number of likely N-dealkylation sites (tertiary alicyclic amines) is 1. The second-order valence-electron chi connectivity index (χ2n) is 5.18. The summed E-state index contributed by atoms with van der Waals surface area (Å²) in [5.74, 6) is 0. The Hall–Kier alpha value is -0.800. The monoisotopic (exact) mass is 235 g/mol. The topological polar surface area (TPSA) is 20.2 Å². The van der Waals surface area contributed by atoms with Crippen molar-refractivity contribution in [1.29, 1.82) is 0 Å². The summed E-state index contributed by atoms with van der Waals surface area (Å²) in [4.78, 5) is 2.58. The van der Waals surface area contributed by atoms with Crippen molar-refractivity contribution in [1.82, 2.24) is 14.8 Å². The van der Waals surface area contributed by atoms with Crippen LogP contribution in [0.15, 0.2) is 18.5 Å². The molecule has 2 heterocycles. The molecule has 1 saturated heterocycles. The van der Waals surface area contributed by atoms with E-state index >= 15 is 0 Å². The molecule has 96 valence electrons. The molecule has 1 aromatic rings. The van der Waals surface area contributed by atoms with Crippen LogP contribution in [0.5, 0.6) is 0 Å². The van der Waals surface area contributed by atoms with Crippen molar-refractivity contribution in [2.75, 3.05) is 19.6 Å². The zero-order valence-corrected chi connectivity index (χ0v) is 11.2. The fraction of sp³-hybridized carbons (Fsp3) is 0.714. The average Bonchev–Trinajstić information content (AvgIpc) is 2.75. The Kier molecular flexibility index (Phi) is 4.63. The van der Waals surface area contributed by atoms with Gasteiger partial charge in [-0.3, -0.25) is 0 Å². The summed E-state index contributed by atoms with van der Waals surface area (Å²) < 4.78 is 2.11. The molecule has 0 radical (unpaired) electrons. The first-order valence-electron chi connectivity index (χ1n) is 6.84. The standard InChI is InChI=1S/C14H25N3/c1-3-7-17-9-5-14(6-10-17)15-11-13-4-8-16(2)12-13/h4,8,12,14-15H,3,5-7,9-11H2,1-2H3. The molecule has 1 aliphatic rings. The Morgan fingerprint density at radius 3 is 2.71 bits per heavy atom. The summed E-state index contributed by atoms with van der Waals surface area (Å²) in [5.41, 5.74) is 1.39. The van der Waals surface area contributed by atoms with Gasteiger partial charge in [0.2, 0.25) is 0 Å². The lowest BCUT2D eigenvalue weighted by molar-refractivity contribution is 0.197. The first kappa shape index (κ1) is 12.7. The molecule has 0 aromatic carbocycles. The van der Waals surface area contributed by atoms with Crippen LogP contribution in [0.2, 0.25) is 0 Å². The van der Waals surface area contributed by atoms with Crippen LogP contribution in [0.1, 0.15) is 31.7 Å². The molecule has 0 amide bonds. The van der Waals surface area contributed by atoms with Crippen LogP contribution in [0.4, 0.5) is 0 Å². The van der Waals surface area contributed by atoms with Crippen molar-refractivity contribution in [3.63, 3.8) is 0 Å². The van der Waals surface area contributed by atoms with Crippen molar-refractivity contribution in [3.05, 3.63) is 24.0 Å². The number of hydrogen-bond acceptors (Lipinski definition) is 2. The highest BCUT2D eigenvalue weighted by atomic mass is 15.1.